The highest BCUT2D eigenvalue weighted by atomic mass is 16.2. The van der Waals surface area contributed by atoms with E-state index in [0.717, 1.165) is 26.1 Å². The molecule has 2 atom stereocenters. The summed E-state index contributed by atoms with van der Waals surface area (Å²) >= 11 is 0. The van der Waals surface area contributed by atoms with Crippen LogP contribution in [0.15, 0.2) is 0 Å². The van der Waals surface area contributed by atoms with Crippen molar-refractivity contribution in [3.05, 3.63) is 0 Å². The lowest BCUT2D eigenvalue weighted by Gasteiger charge is -2.33. The fourth-order valence-corrected chi connectivity index (χ4v) is 2.47. The Balaban J connectivity index is 2.40. The first-order chi connectivity index (χ1) is 8.45. The van der Waals surface area contributed by atoms with Crippen LogP contribution in [0, 0.1) is 11.8 Å². The molecule has 1 heterocycles. The molecule has 0 radical (unpaired) electrons. The van der Waals surface area contributed by atoms with Crippen molar-refractivity contribution in [1.82, 2.24) is 9.80 Å². The highest BCUT2D eigenvalue weighted by molar-refractivity contribution is 5.81. The summed E-state index contributed by atoms with van der Waals surface area (Å²) in [6.07, 6.45) is 3.33. The second-order valence-corrected chi connectivity index (χ2v) is 5.88. The number of amides is 1. The van der Waals surface area contributed by atoms with Gasteiger partial charge in [0.15, 0.2) is 0 Å². The molecule has 0 spiro atoms. The fourth-order valence-electron chi connectivity index (χ4n) is 2.47. The Labute approximate surface area is 111 Å². The molecule has 1 amide bonds. The summed E-state index contributed by atoms with van der Waals surface area (Å²) < 4.78 is 0. The molecule has 0 aromatic rings. The fraction of sp³-hybridized carbons (Fsp3) is 0.929. The van der Waals surface area contributed by atoms with Crippen LogP contribution in [0.2, 0.25) is 0 Å². The van der Waals surface area contributed by atoms with Gasteiger partial charge in [0.05, 0.1) is 6.04 Å². The third kappa shape index (κ3) is 4.25. The van der Waals surface area contributed by atoms with Crippen LogP contribution in [0.25, 0.3) is 0 Å². The lowest BCUT2D eigenvalue weighted by Crippen LogP contribution is -2.47. The molecule has 1 rings (SSSR count). The van der Waals surface area contributed by atoms with Crippen molar-refractivity contribution in [2.45, 2.75) is 39.2 Å². The van der Waals surface area contributed by atoms with Gasteiger partial charge in [0.1, 0.15) is 0 Å². The maximum Gasteiger partial charge on any atom is 0.239 e. The van der Waals surface area contributed by atoms with E-state index < -0.39 is 0 Å². The molecule has 1 unspecified atom stereocenters. The Hall–Kier alpha value is -0.610. The highest BCUT2D eigenvalue weighted by Gasteiger charge is 2.25. The van der Waals surface area contributed by atoms with Crippen LogP contribution in [0.4, 0.5) is 0 Å². The predicted molar refractivity (Wildman–Crippen MR) is 75.3 cm³/mol. The van der Waals surface area contributed by atoms with Crippen LogP contribution < -0.4 is 5.73 Å². The van der Waals surface area contributed by atoms with E-state index in [2.05, 4.69) is 18.9 Å². The number of carbonyl (C=O) groups excluding carboxylic acids is 1. The second kappa shape index (κ2) is 7.10. The minimum Gasteiger partial charge on any atom is -0.344 e. The summed E-state index contributed by atoms with van der Waals surface area (Å²) in [5.41, 5.74) is 6.00. The Morgan fingerprint density at radius 3 is 2.50 bits per heavy atom. The normalized spacial score (nSPS) is 21.6. The lowest BCUT2D eigenvalue weighted by molar-refractivity contribution is -0.133. The monoisotopic (exact) mass is 255 g/mol. The molecule has 0 aromatic heterocycles. The van der Waals surface area contributed by atoms with Crippen molar-refractivity contribution in [3.63, 3.8) is 0 Å². The quantitative estimate of drug-likeness (QED) is 0.802. The molecule has 2 N–H and O–H groups in total. The Morgan fingerprint density at radius 1 is 1.44 bits per heavy atom. The molecule has 0 aromatic carbocycles. The molecule has 1 aliphatic rings. The molecule has 1 saturated heterocycles. The average molecular weight is 255 g/mol. The molecule has 18 heavy (non-hydrogen) atoms. The molecule has 106 valence electrons. The van der Waals surface area contributed by atoms with Gasteiger partial charge < -0.3 is 15.5 Å². The van der Waals surface area contributed by atoms with Crippen molar-refractivity contribution in [2.24, 2.45) is 17.6 Å². The van der Waals surface area contributed by atoms with Gasteiger partial charge in [-0.1, -0.05) is 20.3 Å². The number of carbonyl (C=O) groups is 1. The number of piperidine rings is 1. The molecule has 0 saturated carbocycles. The standard InChI is InChI=1S/C14H29N3O/c1-5-11(2)13(15)14(18)17(4)10-12-6-8-16(3)9-7-12/h11-13H,5-10,15H2,1-4H3/t11?,13-/m0/s1. The Kier molecular flexibility index (Phi) is 6.09. The third-order valence-corrected chi connectivity index (χ3v) is 4.29. The van der Waals surface area contributed by atoms with E-state index in [-0.39, 0.29) is 17.9 Å². The minimum atomic E-state index is -0.341. The van der Waals surface area contributed by atoms with Gasteiger partial charge in [0, 0.05) is 13.6 Å². The van der Waals surface area contributed by atoms with Crippen LogP contribution in [-0.2, 0) is 4.79 Å². The third-order valence-electron chi connectivity index (χ3n) is 4.29. The SMILES string of the molecule is CCC(C)[C@H](N)C(=O)N(C)CC1CCN(C)CC1. The van der Waals surface area contributed by atoms with E-state index in [9.17, 15) is 4.79 Å². The zero-order valence-electron chi connectivity index (χ0n) is 12.4. The average Bonchev–Trinajstić information content (AvgIpc) is 2.38. The summed E-state index contributed by atoms with van der Waals surface area (Å²) in [5.74, 6) is 1.000. The summed E-state index contributed by atoms with van der Waals surface area (Å²) in [6, 6.07) is -0.341. The second-order valence-electron chi connectivity index (χ2n) is 5.88. The van der Waals surface area contributed by atoms with E-state index in [0.29, 0.717) is 5.92 Å². The van der Waals surface area contributed by atoms with Crippen LogP contribution >= 0.6 is 0 Å². The number of likely N-dealkylation sites (tertiary alicyclic amines) is 1. The first kappa shape index (κ1) is 15.4. The summed E-state index contributed by atoms with van der Waals surface area (Å²) in [7, 11) is 4.05. The first-order valence-corrected chi connectivity index (χ1v) is 7.14. The smallest absolute Gasteiger partial charge is 0.239 e. The zero-order chi connectivity index (χ0) is 13.7. The minimum absolute atomic E-state index is 0.100. The first-order valence-electron chi connectivity index (χ1n) is 7.14. The van der Waals surface area contributed by atoms with Crippen LogP contribution in [0.1, 0.15) is 33.1 Å². The largest absolute Gasteiger partial charge is 0.344 e. The van der Waals surface area contributed by atoms with Gasteiger partial charge in [-0.25, -0.2) is 0 Å². The maximum atomic E-state index is 12.2. The van der Waals surface area contributed by atoms with E-state index in [1.54, 1.807) is 0 Å². The van der Waals surface area contributed by atoms with Crippen molar-refractivity contribution in [2.75, 3.05) is 33.7 Å². The molecule has 0 bridgehead atoms. The summed E-state index contributed by atoms with van der Waals surface area (Å²) in [5, 5.41) is 0. The maximum absolute atomic E-state index is 12.2. The summed E-state index contributed by atoms with van der Waals surface area (Å²) in [4.78, 5) is 16.4. The Bertz CT molecular complexity index is 262. The van der Waals surface area contributed by atoms with Gasteiger partial charge in [-0.3, -0.25) is 4.79 Å². The number of hydrogen-bond donors (Lipinski definition) is 1. The molecule has 1 aliphatic heterocycles. The van der Waals surface area contributed by atoms with Crippen LogP contribution in [0.5, 0.6) is 0 Å². The molecule has 4 nitrogen and oxygen atoms in total. The molecule has 4 heteroatoms. The van der Waals surface area contributed by atoms with E-state index in [1.165, 1.54) is 12.8 Å². The van der Waals surface area contributed by atoms with Gasteiger partial charge in [0.2, 0.25) is 5.91 Å². The highest BCUT2D eigenvalue weighted by Crippen LogP contribution is 2.17. The zero-order valence-corrected chi connectivity index (χ0v) is 12.4. The van der Waals surface area contributed by atoms with Gasteiger partial charge in [-0.2, -0.15) is 0 Å². The summed E-state index contributed by atoms with van der Waals surface area (Å²) in [6.45, 7) is 7.27. The molecule has 1 fully saturated rings. The van der Waals surface area contributed by atoms with Crippen molar-refractivity contribution in [3.8, 4) is 0 Å². The number of hydrogen-bond acceptors (Lipinski definition) is 3. The van der Waals surface area contributed by atoms with Crippen molar-refractivity contribution < 1.29 is 4.79 Å². The van der Waals surface area contributed by atoms with Gasteiger partial charge in [0.25, 0.3) is 0 Å². The van der Waals surface area contributed by atoms with Gasteiger partial charge >= 0.3 is 0 Å². The van der Waals surface area contributed by atoms with Gasteiger partial charge in [-0.05, 0) is 44.8 Å². The number of rotatable bonds is 5. The number of nitrogens with zero attached hydrogens (tertiary/aromatic N) is 2. The Morgan fingerprint density at radius 2 is 2.00 bits per heavy atom. The van der Waals surface area contributed by atoms with E-state index in [1.807, 2.05) is 18.9 Å². The lowest BCUT2D eigenvalue weighted by atomic mass is 9.95. The van der Waals surface area contributed by atoms with E-state index >= 15 is 0 Å². The van der Waals surface area contributed by atoms with E-state index in [4.69, 9.17) is 5.73 Å². The number of nitrogens with two attached hydrogens (primary N) is 1. The van der Waals surface area contributed by atoms with Crippen molar-refractivity contribution in [1.29, 1.82) is 0 Å². The molecular weight excluding hydrogens is 226 g/mol. The topological polar surface area (TPSA) is 49.6 Å². The van der Waals surface area contributed by atoms with Crippen LogP contribution in [0.3, 0.4) is 0 Å². The molecular formula is C14H29N3O. The predicted octanol–water partition coefficient (Wildman–Crippen LogP) is 1.16. The number of likely N-dealkylation sites (N-methyl/N-ethyl adjacent to an activating group) is 1. The van der Waals surface area contributed by atoms with Gasteiger partial charge in [-0.15, -0.1) is 0 Å². The van der Waals surface area contributed by atoms with Crippen LogP contribution in [-0.4, -0.2) is 55.5 Å². The van der Waals surface area contributed by atoms with Crippen molar-refractivity contribution >= 4 is 5.91 Å². The molecule has 0 aliphatic carbocycles.